The lowest BCUT2D eigenvalue weighted by molar-refractivity contribution is 0.0993. The zero-order valence-electron chi connectivity index (χ0n) is 18.9. The summed E-state index contributed by atoms with van der Waals surface area (Å²) in [6.45, 7) is 0.919. The van der Waals surface area contributed by atoms with Crippen molar-refractivity contribution in [3.8, 4) is 5.88 Å². The SMILES string of the molecule is CN(C(=O)c1cccc2ccccc12)c1nc2n(c1OC(=O)NCc1ccccn1)CCCC2. The van der Waals surface area contributed by atoms with E-state index in [9.17, 15) is 9.59 Å². The first-order valence-electron chi connectivity index (χ1n) is 11.3. The average Bonchev–Trinajstić information content (AvgIpc) is 3.25. The zero-order valence-corrected chi connectivity index (χ0v) is 18.9. The Bertz CT molecular complexity index is 1340. The predicted octanol–water partition coefficient (Wildman–Crippen LogP) is 4.33. The standard InChI is InChI=1S/C26H25N5O3/c1-30(24(32)21-13-8-10-18-9-2-3-12-20(18)21)23-25(31-16-7-5-14-22(31)29-23)34-26(33)28-17-19-11-4-6-15-27-19/h2-4,6,8-13,15H,5,7,14,16-17H2,1H3,(H,28,33). The highest BCUT2D eigenvalue weighted by atomic mass is 16.6. The van der Waals surface area contributed by atoms with Gasteiger partial charge >= 0.3 is 6.09 Å². The lowest BCUT2D eigenvalue weighted by Crippen LogP contribution is -2.30. The molecule has 2 aromatic heterocycles. The highest BCUT2D eigenvalue weighted by molar-refractivity contribution is 6.14. The van der Waals surface area contributed by atoms with Crippen molar-refractivity contribution in [3.63, 3.8) is 0 Å². The monoisotopic (exact) mass is 455 g/mol. The van der Waals surface area contributed by atoms with Crippen LogP contribution in [0.3, 0.4) is 0 Å². The molecule has 0 aliphatic carbocycles. The Morgan fingerprint density at radius 3 is 2.74 bits per heavy atom. The molecule has 0 unspecified atom stereocenters. The minimum atomic E-state index is -0.619. The topological polar surface area (TPSA) is 89.4 Å². The van der Waals surface area contributed by atoms with Gasteiger partial charge in [-0.1, -0.05) is 42.5 Å². The van der Waals surface area contributed by atoms with E-state index in [4.69, 9.17) is 9.72 Å². The van der Waals surface area contributed by atoms with E-state index in [0.717, 1.165) is 41.6 Å². The predicted molar refractivity (Wildman–Crippen MR) is 129 cm³/mol. The molecule has 8 heteroatoms. The van der Waals surface area contributed by atoms with E-state index in [1.165, 1.54) is 4.90 Å². The summed E-state index contributed by atoms with van der Waals surface area (Å²) in [7, 11) is 1.66. The van der Waals surface area contributed by atoms with Gasteiger partial charge in [0, 0.05) is 31.8 Å². The highest BCUT2D eigenvalue weighted by Gasteiger charge is 2.29. The maximum absolute atomic E-state index is 13.5. The Balaban J connectivity index is 1.43. The van der Waals surface area contributed by atoms with Crippen LogP contribution in [0.1, 0.15) is 34.7 Å². The van der Waals surface area contributed by atoms with Crippen molar-refractivity contribution < 1.29 is 14.3 Å². The number of fused-ring (bicyclic) bond motifs is 2. The molecule has 4 aromatic rings. The lowest BCUT2D eigenvalue weighted by Gasteiger charge is -2.19. The number of aryl methyl sites for hydroxylation is 1. The van der Waals surface area contributed by atoms with Gasteiger partial charge < -0.3 is 10.1 Å². The third-order valence-electron chi connectivity index (χ3n) is 5.99. The Hall–Kier alpha value is -4.20. The first kappa shape index (κ1) is 21.6. The van der Waals surface area contributed by atoms with Crippen LogP contribution in [-0.2, 0) is 19.5 Å². The van der Waals surface area contributed by atoms with Crippen molar-refractivity contribution in [3.05, 3.63) is 83.9 Å². The third kappa shape index (κ3) is 4.22. The van der Waals surface area contributed by atoms with Gasteiger partial charge in [-0.05, 0) is 41.8 Å². The van der Waals surface area contributed by atoms with Gasteiger partial charge in [0.1, 0.15) is 5.82 Å². The summed E-state index contributed by atoms with van der Waals surface area (Å²) in [5.74, 6) is 1.21. The van der Waals surface area contributed by atoms with Crippen LogP contribution >= 0.6 is 0 Å². The molecule has 3 heterocycles. The van der Waals surface area contributed by atoms with Crippen LogP contribution < -0.4 is 15.0 Å². The summed E-state index contributed by atoms with van der Waals surface area (Å²) in [6, 6.07) is 18.9. The number of imidazole rings is 1. The fourth-order valence-electron chi connectivity index (χ4n) is 4.24. The fraction of sp³-hybridized carbons (Fsp3) is 0.231. The maximum atomic E-state index is 13.5. The number of carbonyl (C=O) groups is 2. The number of pyridine rings is 1. The number of amides is 2. The average molecular weight is 456 g/mol. The number of hydrogen-bond donors (Lipinski definition) is 1. The number of benzene rings is 2. The molecule has 2 aromatic carbocycles. The summed E-state index contributed by atoms with van der Waals surface area (Å²) in [6.07, 6.45) is 3.77. The zero-order chi connectivity index (χ0) is 23.5. The molecule has 5 rings (SSSR count). The molecule has 0 saturated heterocycles. The van der Waals surface area contributed by atoms with Crippen molar-refractivity contribution in [1.82, 2.24) is 19.9 Å². The van der Waals surface area contributed by atoms with E-state index in [0.29, 0.717) is 17.9 Å². The summed E-state index contributed by atoms with van der Waals surface area (Å²) >= 11 is 0. The molecule has 0 spiro atoms. The highest BCUT2D eigenvalue weighted by Crippen LogP contribution is 2.33. The number of nitrogens with zero attached hydrogens (tertiary/aromatic N) is 4. The Kier molecular flexibility index (Phi) is 5.95. The van der Waals surface area contributed by atoms with Crippen molar-refractivity contribution in [2.75, 3.05) is 11.9 Å². The van der Waals surface area contributed by atoms with Crippen molar-refractivity contribution in [2.45, 2.75) is 32.4 Å². The van der Waals surface area contributed by atoms with Gasteiger partial charge in [-0.25, -0.2) is 9.78 Å². The van der Waals surface area contributed by atoms with Crippen LogP contribution in [-0.4, -0.2) is 33.6 Å². The van der Waals surface area contributed by atoms with E-state index in [-0.39, 0.29) is 18.3 Å². The Morgan fingerprint density at radius 1 is 1.06 bits per heavy atom. The second-order valence-electron chi connectivity index (χ2n) is 8.22. The van der Waals surface area contributed by atoms with Crippen LogP contribution in [0.4, 0.5) is 10.6 Å². The molecule has 172 valence electrons. The van der Waals surface area contributed by atoms with Crippen LogP contribution in [0.5, 0.6) is 5.88 Å². The van der Waals surface area contributed by atoms with Gasteiger partial charge in [0.15, 0.2) is 5.82 Å². The minimum absolute atomic E-state index is 0.217. The van der Waals surface area contributed by atoms with Gasteiger partial charge in [0.25, 0.3) is 5.91 Å². The number of rotatable bonds is 5. The van der Waals surface area contributed by atoms with Crippen LogP contribution in [0.2, 0.25) is 0 Å². The minimum Gasteiger partial charge on any atom is -0.389 e. The number of nitrogens with one attached hydrogen (secondary N) is 1. The summed E-state index contributed by atoms with van der Waals surface area (Å²) in [4.78, 5) is 36.6. The van der Waals surface area contributed by atoms with Gasteiger partial charge in [-0.15, -0.1) is 0 Å². The van der Waals surface area contributed by atoms with Gasteiger partial charge in [-0.3, -0.25) is 19.2 Å². The van der Waals surface area contributed by atoms with Gasteiger partial charge in [0.2, 0.25) is 5.88 Å². The van der Waals surface area contributed by atoms with Gasteiger partial charge in [0.05, 0.1) is 12.2 Å². The van der Waals surface area contributed by atoms with E-state index >= 15 is 0 Å². The molecule has 8 nitrogen and oxygen atoms in total. The van der Waals surface area contributed by atoms with E-state index < -0.39 is 6.09 Å². The molecule has 0 bridgehead atoms. The molecule has 1 N–H and O–H groups in total. The molecule has 1 aliphatic rings. The summed E-state index contributed by atoms with van der Waals surface area (Å²) in [5, 5.41) is 4.57. The summed E-state index contributed by atoms with van der Waals surface area (Å²) in [5.41, 5.74) is 1.29. The normalized spacial score (nSPS) is 12.7. The van der Waals surface area contributed by atoms with Crippen molar-refractivity contribution in [1.29, 1.82) is 0 Å². The first-order chi connectivity index (χ1) is 16.6. The quantitative estimate of drug-likeness (QED) is 0.484. The molecule has 1 aliphatic heterocycles. The Morgan fingerprint density at radius 2 is 1.88 bits per heavy atom. The van der Waals surface area contributed by atoms with Gasteiger partial charge in [-0.2, -0.15) is 0 Å². The molecular formula is C26H25N5O3. The maximum Gasteiger partial charge on any atom is 0.414 e. The van der Waals surface area contributed by atoms with E-state index in [1.807, 2.05) is 59.2 Å². The molecule has 0 atom stereocenters. The molecular weight excluding hydrogens is 430 g/mol. The molecule has 0 saturated carbocycles. The molecule has 2 amide bonds. The number of anilines is 1. The number of aromatic nitrogens is 3. The molecule has 0 radical (unpaired) electrons. The smallest absolute Gasteiger partial charge is 0.389 e. The Labute approximate surface area is 197 Å². The third-order valence-corrected chi connectivity index (χ3v) is 5.99. The lowest BCUT2D eigenvalue weighted by atomic mass is 10.0. The largest absolute Gasteiger partial charge is 0.414 e. The van der Waals surface area contributed by atoms with Crippen molar-refractivity contribution >= 4 is 28.6 Å². The first-order valence-corrected chi connectivity index (χ1v) is 11.3. The second kappa shape index (κ2) is 9.35. The van der Waals surface area contributed by atoms with Crippen LogP contribution in [0.25, 0.3) is 10.8 Å². The van der Waals surface area contributed by atoms with E-state index in [1.54, 1.807) is 19.3 Å². The molecule has 34 heavy (non-hydrogen) atoms. The van der Waals surface area contributed by atoms with Crippen LogP contribution in [0, 0.1) is 0 Å². The number of carbonyl (C=O) groups excluding carboxylic acids is 2. The summed E-state index contributed by atoms with van der Waals surface area (Å²) < 4.78 is 7.62. The fourth-order valence-corrected chi connectivity index (χ4v) is 4.24. The number of hydrogen-bond acceptors (Lipinski definition) is 5. The van der Waals surface area contributed by atoms with Crippen molar-refractivity contribution in [2.24, 2.45) is 0 Å². The second-order valence-corrected chi connectivity index (χ2v) is 8.22. The van der Waals surface area contributed by atoms with E-state index in [2.05, 4.69) is 10.3 Å². The number of ether oxygens (including phenoxy) is 1. The molecule has 0 fully saturated rings. The van der Waals surface area contributed by atoms with Crippen LogP contribution in [0.15, 0.2) is 66.9 Å².